The Morgan fingerprint density at radius 2 is 2.25 bits per heavy atom. The monoisotopic (exact) mass is 397 g/mol. The van der Waals surface area contributed by atoms with Crippen molar-refractivity contribution < 1.29 is 8.42 Å². The van der Waals surface area contributed by atoms with E-state index < -0.39 is 10.0 Å². The van der Waals surface area contributed by atoms with E-state index >= 15 is 0 Å². The van der Waals surface area contributed by atoms with Crippen molar-refractivity contribution >= 4 is 48.9 Å². The third kappa shape index (κ3) is 4.29. The second-order valence-corrected chi connectivity index (χ2v) is 8.86. The predicted octanol–water partition coefficient (Wildman–Crippen LogP) is 3.12. The van der Waals surface area contributed by atoms with Crippen LogP contribution in [0.15, 0.2) is 32.8 Å². The van der Waals surface area contributed by atoms with Crippen molar-refractivity contribution in [2.24, 2.45) is 0 Å². The number of sulfonamides is 1. The lowest BCUT2D eigenvalue weighted by molar-refractivity contribution is 0.567. The van der Waals surface area contributed by atoms with Crippen molar-refractivity contribution in [3.8, 4) is 0 Å². The first-order valence-electron chi connectivity index (χ1n) is 5.89. The number of aromatic nitrogens is 2. The van der Waals surface area contributed by atoms with Gasteiger partial charge in [-0.1, -0.05) is 11.6 Å². The summed E-state index contributed by atoms with van der Waals surface area (Å²) in [5.41, 5.74) is 0. The number of hydrogen-bond acceptors (Lipinski definition) is 4. The largest absolute Gasteiger partial charge is 0.337 e. The van der Waals surface area contributed by atoms with Crippen molar-refractivity contribution in [1.29, 1.82) is 0 Å². The minimum Gasteiger partial charge on any atom is -0.337 e. The smallest absolute Gasteiger partial charge is 0.250 e. The van der Waals surface area contributed by atoms with Crippen LogP contribution in [-0.2, 0) is 16.6 Å². The van der Waals surface area contributed by atoms with E-state index in [2.05, 4.69) is 25.6 Å². The molecule has 0 aliphatic carbocycles. The van der Waals surface area contributed by atoms with Gasteiger partial charge in [0.05, 0.1) is 15.1 Å². The molecule has 9 heteroatoms. The highest BCUT2D eigenvalue weighted by atomic mass is 79.9. The fraction of sp³-hybridized carbons (Fsp3) is 0.364. The van der Waals surface area contributed by atoms with Crippen molar-refractivity contribution in [2.75, 3.05) is 6.54 Å². The Bertz CT molecular complexity index is 636. The molecule has 1 N–H and O–H groups in total. The van der Waals surface area contributed by atoms with Crippen LogP contribution in [0.1, 0.15) is 12.8 Å². The fourth-order valence-corrected chi connectivity index (χ4v) is 5.09. The SMILES string of the molecule is O=S(=O)(NCCCCn1ccnc1)c1cc(Cl)c(Br)s1. The lowest BCUT2D eigenvalue weighted by Gasteiger charge is -2.05. The minimum atomic E-state index is -3.46. The van der Waals surface area contributed by atoms with Crippen LogP contribution in [0, 0.1) is 0 Å². The number of unbranched alkanes of at least 4 members (excludes halogenated alkanes) is 1. The zero-order valence-corrected chi connectivity index (χ0v) is 14.4. The molecule has 2 rings (SSSR count). The summed E-state index contributed by atoms with van der Waals surface area (Å²) >= 11 is 10.2. The number of aryl methyl sites for hydroxylation is 1. The summed E-state index contributed by atoms with van der Waals surface area (Å²) in [6, 6.07) is 1.45. The maximum atomic E-state index is 12.0. The lowest BCUT2D eigenvalue weighted by Crippen LogP contribution is -2.24. The molecule has 0 aliphatic rings. The van der Waals surface area contributed by atoms with Crippen LogP contribution in [0.2, 0.25) is 5.02 Å². The molecular weight excluding hydrogens is 386 g/mol. The maximum Gasteiger partial charge on any atom is 0.250 e. The van der Waals surface area contributed by atoms with E-state index in [1.54, 1.807) is 12.5 Å². The summed E-state index contributed by atoms with van der Waals surface area (Å²) in [6.45, 7) is 1.24. The zero-order chi connectivity index (χ0) is 14.6. The van der Waals surface area contributed by atoms with Crippen LogP contribution >= 0.6 is 38.9 Å². The van der Waals surface area contributed by atoms with Gasteiger partial charge in [0.2, 0.25) is 10.0 Å². The number of nitrogens with zero attached hydrogens (tertiary/aromatic N) is 2. The van der Waals surface area contributed by atoms with Gasteiger partial charge < -0.3 is 4.57 Å². The fourth-order valence-electron chi connectivity index (χ4n) is 1.58. The van der Waals surface area contributed by atoms with Gasteiger partial charge in [-0.2, -0.15) is 0 Å². The van der Waals surface area contributed by atoms with E-state index in [4.69, 9.17) is 11.6 Å². The van der Waals surface area contributed by atoms with Gasteiger partial charge in [0.1, 0.15) is 4.21 Å². The quantitative estimate of drug-likeness (QED) is 0.729. The molecule has 0 atom stereocenters. The molecule has 0 unspecified atom stereocenters. The van der Waals surface area contributed by atoms with Crippen LogP contribution in [-0.4, -0.2) is 24.5 Å². The molecule has 2 aromatic rings. The summed E-state index contributed by atoms with van der Waals surface area (Å²) < 4.78 is 29.4. The summed E-state index contributed by atoms with van der Waals surface area (Å²) in [5, 5.41) is 0.412. The molecule has 0 bridgehead atoms. The Hall–Kier alpha value is -0.410. The van der Waals surface area contributed by atoms with Crippen LogP contribution in [0.5, 0.6) is 0 Å². The Balaban J connectivity index is 1.78. The summed E-state index contributed by atoms with van der Waals surface area (Å²) in [7, 11) is -3.46. The highest BCUT2D eigenvalue weighted by Crippen LogP contribution is 2.34. The van der Waals surface area contributed by atoms with Crippen LogP contribution in [0.25, 0.3) is 0 Å². The molecule has 0 spiro atoms. The van der Waals surface area contributed by atoms with Gasteiger partial charge in [-0.3, -0.25) is 0 Å². The Labute approximate surface area is 135 Å². The molecule has 0 amide bonds. The van der Waals surface area contributed by atoms with Crippen LogP contribution < -0.4 is 4.72 Å². The first-order valence-corrected chi connectivity index (χ1v) is 9.36. The molecule has 0 saturated carbocycles. The van der Waals surface area contributed by atoms with E-state index in [0.717, 1.165) is 30.7 Å². The first-order chi connectivity index (χ1) is 9.49. The van der Waals surface area contributed by atoms with Crippen LogP contribution in [0.3, 0.4) is 0 Å². The van der Waals surface area contributed by atoms with Crippen molar-refractivity contribution in [2.45, 2.75) is 23.6 Å². The van der Waals surface area contributed by atoms with E-state index in [-0.39, 0.29) is 4.21 Å². The van der Waals surface area contributed by atoms with Gasteiger partial charge in [0.15, 0.2) is 0 Å². The van der Waals surface area contributed by atoms with E-state index in [0.29, 0.717) is 15.4 Å². The van der Waals surface area contributed by atoms with Gasteiger partial charge in [-0.05, 0) is 34.8 Å². The van der Waals surface area contributed by atoms with Crippen molar-refractivity contribution in [3.63, 3.8) is 0 Å². The topological polar surface area (TPSA) is 64.0 Å². The normalized spacial score (nSPS) is 11.9. The summed E-state index contributed by atoms with van der Waals surface area (Å²) in [6.07, 6.45) is 7.00. The molecule has 20 heavy (non-hydrogen) atoms. The molecule has 0 aliphatic heterocycles. The number of halogens is 2. The second kappa shape index (κ2) is 7.04. The number of thiophene rings is 1. The van der Waals surface area contributed by atoms with Crippen molar-refractivity contribution in [1.82, 2.24) is 14.3 Å². The average Bonchev–Trinajstić information content (AvgIpc) is 3.00. The highest BCUT2D eigenvalue weighted by molar-refractivity contribution is 9.11. The van der Waals surface area contributed by atoms with E-state index in [9.17, 15) is 8.42 Å². The van der Waals surface area contributed by atoms with Gasteiger partial charge in [-0.25, -0.2) is 18.1 Å². The molecule has 0 aromatic carbocycles. The molecule has 0 saturated heterocycles. The zero-order valence-electron chi connectivity index (χ0n) is 10.4. The average molecular weight is 399 g/mol. The first kappa shape index (κ1) is 16.0. The molecule has 0 fully saturated rings. The number of rotatable bonds is 7. The summed E-state index contributed by atoms with van der Waals surface area (Å²) in [4.78, 5) is 3.95. The molecule has 2 heterocycles. The Morgan fingerprint density at radius 1 is 1.45 bits per heavy atom. The molecule has 5 nitrogen and oxygen atoms in total. The molecular formula is C11H13BrClN3O2S2. The number of imidazole rings is 1. The Morgan fingerprint density at radius 3 is 2.85 bits per heavy atom. The highest BCUT2D eigenvalue weighted by Gasteiger charge is 2.18. The number of hydrogen-bond donors (Lipinski definition) is 1. The van der Waals surface area contributed by atoms with Crippen LogP contribution in [0.4, 0.5) is 0 Å². The lowest BCUT2D eigenvalue weighted by atomic mass is 10.3. The maximum absolute atomic E-state index is 12.0. The molecule has 2 aromatic heterocycles. The van der Waals surface area contributed by atoms with Gasteiger partial charge in [0.25, 0.3) is 0 Å². The third-order valence-corrected chi connectivity index (χ3v) is 6.99. The molecule has 110 valence electrons. The van der Waals surface area contributed by atoms with Gasteiger partial charge in [0, 0.05) is 25.5 Å². The second-order valence-electron chi connectivity index (χ2n) is 4.09. The summed E-state index contributed by atoms with van der Waals surface area (Å²) in [5.74, 6) is 0. The Kier molecular flexibility index (Phi) is 5.62. The third-order valence-electron chi connectivity index (χ3n) is 2.58. The number of nitrogens with one attached hydrogen (secondary N) is 1. The van der Waals surface area contributed by atoms with E-state index in [1.165, 1.54) is 6.07 Å². The van der Waals surface area contributed by atoms with Gasteiger partial charge >= 0.3 is 0 Å². The standard InChI is InChI=1S/C11H13BrClN3O2S2/c12-11-9(13)7-10(19-11)20(17,18)15-3-1-2-5-16-6-4-14-8-16/h4,6-8,15H,1-3,5H2. The van der Waals surface area contributed by atoms with E-state index in [1.807, 2.05) is 10.8 Å². The van der Waals surface area contributed by atoms with Crippen molar-refractivity contribution in [3.05, 3.63) is 33.6 Å². The minimum absolute atomic E-state index is 0.226. The van der Waals surface area contributed by atoms with Gasteiger partial charge in [-0.15, -0.1) is 11.3 Å². The predicted molar refractivity (Wildman–Crippen MR) is 83.7 cm³/mol. The molecule has 0 radical (unpaired) electrons.